The number of Topliss-reactive ketones (excluding diaryl/α,β-unsaturated/α-hetero) is 2. The Kier molecular flexibility index (Phi) is 12.3. The molecule has 0 bridgehead atoms. The molecule has 2 aromatic carbocycles. The summed E-state index contributed by atoms with van der Waals surface area (Å²) in [6.45, 7) is 4.36. The number of pyridine rings is 2. The van der Waals surface area contributed by atoms with E-state index in [2.05, 4.69) is 52.2 Å². The Morgan fingerprint density at radius 2 is 0.986 bits per heavy atom. The molecule has 2 fully saturated rings. The summed E-state index contributed by atoms with van der Waals surface area (Å²) in [5.41, 5.74) is 5.15. The lowest BCUT2D eigenvalue weighted by Gasteiger charge is -2.28. The fraction of sp³-hybridized carbons (Fsp3) is 0.200. The second-order valence-corrected chi connectivity index (χ2v) is 16.8. The van der Waals surface area contributed by atoms with Gasteiger partial charge in [-0.3, -0.25) is 19.2 Å². The van der Waals surface area contributed by atoms with Crippen molar-refractivity contribution in [1.82, 2.24) is 59.3 Å². The highest BCUT2D eigenvalue weighted by Gasteiger charge is 2.33. The molecule has 2 amide bonds. The molecule has 2 saturated heterocycles. The Bertz CT molecular complexity index is 3320. The molecule has 0 unspecified atom stereocenters. The number of aromatic amines is 2. The van der Waals surface area contributed by atoms with Crippen molar-refractivity contribution >= 4 is 64.0 Å². The zero-order chi connectivity index (χ0) is 49.2. The molecule has 10 rings (SSSR count). The summed E-state index contributed by atoms with van der Waals surface area (Å²) in [5, 5.41) is 29.2. The van der Waals surface area contributed by atoms with E-state index < -0.39 is 23.4 Å². The van der Waals surface area contributed by atoms with Crippen LogP contribution in [0.25, 0.3) is 44.6 Å². The number of allylic oxidation sites excluding steroid dienone is 2. The van der Waals surface area contributed by atoms with Crippen molar-refractivity contribution in [1.29, 1.82) is 10.5 Å². The van der Waals surface area contributed by atoms with Crippen LogP contribution in [0.4, 0.5) is 0 Å². The molecule has 349 valence electrons. The minimum atomic E-state index is -0.808. The van der Waals surface area contributed by atoms with Crippen LogP contribution in [0.3, 0.4) is 0 Å². The topological polar surface area (TPSA) is 260 Å². The molecule has 8 heterocycles. The van der Waals surface area contributed by atoms with Crippen LogP contribution in [0.5, 0.6) is 11.5 Å². The van der Waals surface area contributed by atoms with Crippen molar-refractivity contribution in [2.45, 2.75) is 39.5 Å². The molecular weight excluding hydrogens is 903 g/mol. The monoisotopic (exact) mass is 943 g/mol. The average molecular weight is 944 g/mol. The minimum absolute atomic E-state index is 0.00460. The number of fused-ring (bicyclic) bond motifs is 2. The van der Waals surface area contributed by atoms with Crippen LogP contribution >= 0.6 is 0 Å². The van der Waals surface area contributed by atoms with E-state index in [-0.39, 0.29) is 71.2 Å². The summed E-state index contributed by atoms with van der Waals surface area (Å²) < 4.78 is 15.1. The third-order valence-electron chi connectivity index (χ3n) is 12.5. The zero-order valence-corrected chi connectivity index (χ0v) is 38.3. The van der Waals surface area contributed by atoms with Gasteiger partial charge in [0.1, 0.15) is 35.8 Å². The fourth-order valence-electron chi connectivity index (χ4n) is 9.00. The summed E-state index contributed by atoms with van der Waals surface area (Å²) in [6, 6.07) is 23.3. The number of nitrogens with zero attached hydrogens (tertiary/aromatic N) is 12. The first-order valence-electron chi connectivity index (χ1n) is 22.6. The Morgan fingerprint density at radius 3 is 1.34 bits per heavy atom. The van der Waals surface area contributed by atoms with Crippen molar-refractivity contribution in [3.8, 4) is 35.3 Å². The normalized spacial score (nSPS) is 13.7. The van der Waals surface area contributed by atoms with Gasteiger partial charge in [-0.25, -0.2) is 29.3 Å². The molecule has 2 aliphatic heterocycles. The average Bonchev–Trinajstić information content (AvgIpc) is 4.25. The number of carbonyl (C=O) groups is 4. The molecule has 1 radical (unpaired) electrons. The number of hydrogen-bond acceptors (Lipinski definition) is 14. The van der Waals surface area contributed by atoms with Gasteiger partial charge in [-0.1, -0.05) is 60.7 Å². The lowest BCUT2D eigenvalue weighted by Crippen LogP contribution is -2.40. The van der Waals surface area contributed by atoms with Crippen LogP contribution in [0, 0.1) is 36.5 Å². The van der Waals surface area contributed by atoms with E-state index in [1.165, 1.54) is 56.6 Å². The number of amides is 2. The van der Waals surface area contributed by atoms with E-state index in [0.717, 1.165) is 30.0 Å². The number of carbonyl (C=O) groups excluding carboxylic acids is 4. The van der Waals surface area contributed by atoms with Crippen LogP contribution < -0.4 is 9.31 Å². The highest BCUT2D eigenvalue weighted by molar-refractivity contribution is 6.46. The first-order chi connectivity index (χ1) is 34.6. The number of hydrogen-bond donors (Lipinski definition) is 2. The molecule has 20 nitrogen and oxygen atoms in total. The number of nitriles is 2. The van der Waals surface area contributed by atoms with E-state index >= 15 is 0 Å². The summed E-state index contributed by atoms with van der Waals surface area (Å²) in [6.07, 6.45) is 10.1. The van der Waals surface area contributed by atoms with Crippen molar-refractivity contribution in [3.63, 3.8) is 0 Å². The fourth-order valence-corrected chi connectivity index (χ4v) is 9.00. The molecule has 0 atom stereocenters. The molecule has 6 aromatic heterocycles. The summed E-state index contributed by atoms with van der Waals surface area (Å²) >= 11 is 0. The third-order valence-corrected chi connectivity index (χ3v) is 12.5. The highest BCUT2D eigenvalue weighted by atomic mass is 16.6. The maximum Gasteiger partial charge on any atom is 0.658 e. The van der Waals surface area contributed by atoms with E-state index in [9.17, 15) is 29.7 Å². The molecule has 2 N–H and O–H groups in total. The van der Waals surface area contributed by atoms with E-state index in [1.54, 1.807) is 13.8 Å². The van der Waals surface area contributed by atoms with Gasteiger partial charge in [-0.15, -0.1) is 0 Å². The molecule has 0 saturated carbocycles. The number of benzene rings is 2. The summed E-state index contributed by atoms with van der Waals surface area (Å²) in [4.78, 5) is 83.1. The van der Waals surface area contributed by atoms with Gasteiger partial charge in [0.05, 0.1) is 68.6 Å². The number of likely N-dealkylation sites (tertiary alicyclic amines) is 2. The van der Waals surface area contributed by atoms with Crippen molar-refractivity contribution in [2.75, 3.05) is 26.2 Å². The van der Waals surface area contributed by atoms with Crippen LogP contribution in [0.1, 0.15) is 69.2 Å². The molecule has 0 spiro atoms. The third kappa shape index (κ3) is 8.68. The van der Waals surface area contributed by atoms with Gasteiger partial charge >= 0.3 is 7.69 Å². The van der Waals surface area contributed by atoms with E-state index in [4.69, 9.17) is 9.31 Å². The van der Waals surface area contributed by atoms with Gasteiger partial charge in [0.2, 0.25) is 0 Å². The van der Waals surface area contributed by atoms with Crippen LogP contribution in [0.15, 0.2) is 109 Å². The molecular formula is C50H40BN14O6. The Balaban J connectivity index is 0.924. The van der Waals surface area contributed by atoms with Gasteiger partial charge in [0, 0.05) is 38.6 Å². The van der Waals surface area contributed by atoms with Crippen molar-refractivity contribution < 1.29 is 28.5 Å². The smallest absolute Gasteiger partial charge is 0.525 e. The molecule has 8 aromatic rings. The van der Waals surface area contributed by atoms with Gasteiger partial charge in [-0.2, -0.15) is 20.7 Å². The van der Waals surface area contributed by atoms with Crippen LogP contribution in [0.2, 0.25) is 0 Å². The quantitative estimate of drug-likeness (QED) is 0.0638. The SMILES string of the molecule is Cc1ncn(-c2ncc(O[B]Oc3cnc(-n4cnc(C)n4)c4[nH]cc(C(=O)C(=O)N5CCC(=C(C#N)c6ccccc6)CC5)c34)c3c(C(=O)C(=O)N4CCC(=C(C#N)c5ccccc5)CC4)c[nH]c23)n1. The van der Waals surface area contributed by atoms with E-state index in [1.807, 2.05) is 60.7 Å². The predicted octanol–water partition coefficient (Wildman–Crippen LogP) is 5.77. The van der Waals surface area contributed by atoms with Gasteiger partial charge in [0.15, 0.2) is 11.6 Å². The summed E-state index contributed by atoms with van der Waals surface area (Å²) in [7, 11) is 0.966. The highest BCUT2D eigenvalue weighted by Crippen LogP contribution is 2.36. The second kappa shape index (κ2) is 19.2. The lowest BCUT2D eigenvalue weighted by atomic mass is 9.93. The Hall–Kier alpha value is -9.50. The van der Waals surface area contributed by atoms with Gasteiger partial charge in [0.25, 0.3) is 23.4 Å². The van der Waals surface area contributed by atoms with Gasteiger partial charge < -0.3 is 29.1 Å². The number of piperidine rings is 2. The lowest BCUT2D eigenvalue weighted by molar-refractivity contribution is -0.127. The first kappa shape index (κ1) is 45.3. The number of aromatic nitrogens is 10. The summed E-state index contributed by atoms with van der Waals surface area (Å²) in [5.74, 6) is -1.57. The Morgan fingerprint density at radius 1 is 0.592 bits per heavy atom. The van der Waals surface area contributed by atoms with Crippen LogP contribution in [-0.2, 0) is 9.59 Å². The van der Waals surface area contributed by atoms with Gasteiger partial charge in [-0.05, 0) is 61.8 Å². The number of rotatable bonds is 12. The van der Waals surface area contributed by atoms with Crippen LogP contribution in [-0.4, -0.2) is 117 Å². The molecule has 71 heavy (non-hydrogen) atoms. The largest absolute Gasteiger partial charge is 0.658 e. The molecule has 0 aliphatic carbocycles. The Labute approximate surface area is 405 Å². The predicted molar refractivity (Wildman–Crippen MR) is 257 cm³/mol. The zero-order valence-electron chi connectivity index (χ0n) is 38.3. The first-order valence-corrected chi connectivity index (χ1v) is 22.6. The minimum Gasteiger partial charge on any atom is -0.525 e. The number of aryl methyl sites for hydroxylation is 2. The second-order valence-electron chi connectivity index (χ2n) is 16.8. The number of nitrogens with one attached hydrogen (secondary N) is 2. The standard InChI is InChI=1S/C50H40BN14O6/c1-29-58-27-64(60-29)47-43-41(37(23-54-43)45(66)49(68)62-17-13-33(14-18-62)35(21-52)31-9-5-3-6-10-31)39(25-56-47)70-51-71-40-26-57-48(65-28-59-30(2)61-65)44-42(40)38(24-55-44)46(67)50(69)63-19-15-34(16-20-63)36(22-53)32-11-7-4-8-12-32/h3-12,23-28,54-55H,13-20H2,1-2H3. The van der Waals surface area contributed by atoms with E-state index in [0.29, 0.717) is 59.5 Å². The van der Waals surface area contributed by atoms with Crippen molar-refractivity contribution in [2.24, 2.45) is 0 Å². The maximum atomic E-state index is 14.2. The maximum absolute atomic E-state index is 14.2. The molecule has 21 heteroatoms. The molecule has 2 aliphatic rings. The number of H-pyrrole nitrogens is 2. The van der Waals surface area contributed by atoms with Crippen molar-refractivity contribution in [3.05, 3.63) is 143 Å². The number of ketones is 2.